The fourth-order valence-electron chi connectivity index (χ4n) is 2.36. The van der Waals surface area contributed by atoms with Gasteiger partial charge in [-0.05, 0) is 46.5 Å². The average molecular weight is 324 g/mol. The summed E-state index contributed by atoms with van der Waals surface area (Å²) < 4.78 is 0.937. The third kappa shape index (κ3) is 2.13. The number of hydrogen-bond donors (Lipinski definition) is 0. The first-order valence-corrected chi connectivity index (χ1v) is 7.09. The summed E-state index contributed by atoms with van der Waals surface area (Å²) in [6.07, 6.45) is 3.98. The van der Waals surface area contributed by atoms with Crippen LogP contribution >= 0.6 is 27.5 Å². The molecule has 92 valence electrons. The normalized spacial score (nSPS) is 14.4. The van der Waals surface area contributed by atoms with Crippen LogP contribution in [0.1, 0.15) is 12.0 Å². The summed E-state index contributed by atoms with van der Waals surface area (Å²) >= 11 is 9.49. The first kappa shape index (κ1) is 12.0. The number of benzene rings is 1. The monoisotopic (exact) mass is 322 g/mol. The highest BCUT2D eigenvalue weighted by molar-refractivity contribution is 9.10. The predicted molar refractivity (Wildman–Crippen MR) is 78.7 cm³/mol. The Balaban J connectivity index is 2.08. The molecular weight excluding hydrogens is 312 g/mol. The SMILES string of the molecule is Clc1cnc(N2CCCc3ccccc32)c(Br)c1. The Morgan fingerprint density at radius 3 is 2.94 bits per heavy atom. The molecular formula is C14H12BrClN2. The molecule has 0 N–H and O–H groups in total. The average Bonchev–Trinajstić information content (AvgIpc) is 2.38. The number of fused-ring (bicyclic) bond motifs is 1. The molecule has 3 rings (SSSR count). The zero-order valence-corrected chi connectivity index (χ0v) is 12.1. The van der Waals surface area contributed by atoms with Crippen LogP contribution in [-0.4, -0.2) is 11.5 Å². The summed E-state index contributed by atoms with van der Waals surface area (Å²) in [6.45, 7) is 0.990. The Morgan fingerprint density at radius 2 is 2.11 bits per heavy atom. The zero-order chi connectivity index (χ0) is 12.5. The summed E-state index contributed by atoms with van der Waals surface area (Å²) in [5, 5.41) is 0.649. The van der Waals surface area contributed by atoms with E-state index in [2.05, 4.69) is 50.1 Å². The van der Waals surface area contributed by atoms with Gasteiger partial charge in [-0.1, -0.05) is 29.8 Å². The molecule has 0 aliphatic carbocycles. The molecule has 0 saturated carbocycles. The summed E-state index contributed by atoms with van der Waals surface area (Å²) in [7, 11) is 0. The van der Waals surface area contributed by atoms with Crippen molar-refractivity contribution in [3.8, 4) is 0 Å². The lowest BCUT2D eigenvalue weighted by molar-refractivity contribution is 0.758. The van der Waals surface area contributed by atoms with Crippen LogP contribution in [0.15, 0.2) is 41.0 Å². The van der Waals surface area contributed by atoms with Crippen LogP contribution in [0.25, 0.3) is 0 Å². The van der Waals surface area contributed by atoms with Gasteiger partial charge in [0.2, 0.25) is 0 Å². The second-order valence-corrected chi connectivity index (χ2v) is 5.63. The van der Waals surface area contributed by atoms with Gasteiger partial charge in [0.05, 0.1) is 9.50 Å². The van der Waals surface area contributed by atoms with Crippen molar-refractivity contribution in [3.05, 3.63) is 51.6 Å². The van der Waals surface area contributed by atoms with E-state index in [0.29, 0.717) is 5.02 Å². The predicted octanol–water partition coefficient (Wildman–Crippen LogP) is 4.58. The standard InChI is InChI=1S/C14H12BrClN2/c15-12-8-11(16)9-17-14(12)18-7-3-5-10-4-1-2-6-13(10)18/h1-2,4,6,8-9H,3,5,7H2. The third-order valence-electron chi connectivity index (χ3n) is 3.15. The number of anilines is 2. The molecule has 0 spiro atoms. The first-order chi connectivity index (χ1) is 8.75. The fraction of sp³-hybridized carbons (Fsp3) is 0.214. The second-order valence-electron chi connectivity index (χ2n) is 4.34. The molecule has 2 heterocycles. The summed E-state index contributed by atoms with van der Waals surface area (Å²) in [4.78, 5) is 6.70. The van der Waals surface area contributed by atoms with E-state index in [1.807, 2.05) is 6.07 Å². The van der Waals surface area contributed by atoms with Gasteiger partial charge in [-0.25, -0.2) is 4.98 Å². The minimum atomic E-state index is 0.649. The van der Waals surface area contributed by atoms with Crippen molar-refractivity contribution >= 4 is 39.0 Å². The summed E-state index contributed by atoms with van der Waals surface area (Å²) in [5.74, 6) is 0.937. The molecule has 0 fully saturated rings. The largest absolute Gasteiger partial charge is 0.325 e. The molecule has 1 aliphatic rings. The Labute approximate surface area is 120 Å². The smallest absolute Gasteiger partial charge is 0.147 e. The topological polar surface area (TPSA) is 16.1 Å². The van der Waals surface area contributed by atoms with Crippen LogP contribution in [0.5, 0.6) is 0 Å². The van der Waals surface area contributed by atoms with Crippen LogP contribution in [0.3, 0.4) is 0 Å². The lowest BCUT2D eigenvalue weighted by Gasteiger charge is -2.31. The van der Waals surface area contributed by atoms with Crippen LogP contribution in [0.4, 0.5) is 11.5 Å². The van der Waals surface area contributed by atoms with Gasteiger partial charge in [-0.3, -0.25) is 0 Å². The Bertz CT molecular complexity index is 586. The number of nitrogens with zero attached hydrogens (tertiary/aromatic N) is 2. The number of pyridine rings is 1. The highest BCUT2D eigenvalue weighted by atomic mass is 79.9. The molecule has 0 radical (unpaired) electrons. The van der Waals surface area contributed by atoms with E-state index < -0.39 is 0 Å². The second kappa shape index (κ2) is 4.90. The Kier molecular flexibility index (Phi) is 3.27. The molecule has 2 nitrogen and oxygen atoms in total. The van der Waals surface area contributed by atoms with Gasteiger partial charge < -0.3 is 4.90 Å². The molecule has 1 aromatic heterocycles. The molecule has 0 atom stereocenters. The number of aromatic nitrogens is 1. The van der Waals surface area contributed by atoms with Gasteiger partial charge in [0.1, 0.15) is 5.82 Å². The van der Waals surface area contributed by atoms with Gasteiger partial charge in [0, 0.05) is 18.4 Å². The van der Waals surface area contributed by atoms with E-state index in [1.54, 1.807) is 6.20 Å². The van der Waals surface area contributed by atoms with Gasteiger partial charge in [-0.15, -0.1) is 0 Å². The van der Waals surface area contributed by atoms with Crippen molar-refractivity contribution in [3.63, 3.8) is 0 Å². The summed E-state index contributed by atoms with van der Waals surface area (Å²) in [5.41, 5.74) is 2.63. The van der Waals surface area contributed by atoms with E-state index in [0.717, 1.165) is 29.7 Å². The van der Waals surface area contributed by atoms with E-state index in [1.165, 1.54) is 11.3 Å². The molecule has 1 aromatic carbocycles. The van der Waals surface area contributed by atoms with Crippen LogP contribution in [-0.2, 0) is 6.42 Å². The molecule has 0 amide bonds. The molecule has 4 heteroatoms. The van der Waals surface area contributed by atoms with Crippen LogP contribution < -0.4 is 4.90 Å². The highest BCUT2D eigenvalue weighted by Crippen LogP contribution is 2.36. The highest BCUT2D eigenvalue weighted by Gasteiger charge is 2.20. The minimum absolute atomic E-state index is 0.649. The Hall–Kier alpha value is -1.06. The number of halogens is 2. The lowest BCUT2D eigenvalue weighted by atomic mass is 10.0. The van der Waals surface area contributed by atoms with Crippen molar-refractivity contribution < 1.29 is 0 Å². The van der Waals surface area contributed by atoms with E-state index in [-0.39, 0.29) is 0 Å². The molecule has 0 bridgehead atoms. The van der Waals surface area contributed by atoms with Crippen LogP contribution in [0, 0.1) is 0 Å². The van der Waals surface area contributed by atoms with Gasteiger partial charge in [0.25, 0.3) is 0 Å². The zero-order valence-electron chi connectivity index (χ0n) is 9.74. The van der Waals surface area contributed by atoms with Crippen molar-refractivity contribution in [2.24, 2.45) is 0 Å². The van der Waals surface area contributed by atoms with Crippen molar-refractivity contribution in [1.82, 2.24) is 4.98 Å². The quantitative estimate of drug-likeness (QED) is 0.763. The molecule has 0 unspecified atom stereocenters. The maximum atomic E-state index is 5.95. The number of aryl methyl sites for hydroxylation is 1. The molecule has 0 saturated heterocycles. The molecule has 1 aliphatic heterocycles. The van der Waals surface area contributed by atoms with Crippen LogP contribution in [0.2, 0.25) is 5.02 Å². The van der Waals surface area contributed by atoms with Gasteiger partial charge in [0.15, 0.2) is 0 Å². The third-order valence-corrected chi connectivity index (χ3v) is 3.94. The number of hydrogen-bond acceptors (Lipinski definition) is 2. The fourth-order valence-corrected chi connectivity index (χ4v) is 3.21. The number of para-hydroxylation sites is 1. The van der Waals surface area contributed by atoms with Gasteiger partial charge in [-0.2, -0.15) is 0 Å². The van der Waals surface area contributed by atoms with Crippen molar-refractivity contribution in [2.45, 2.75) is 12.8 Å². The maximum absolute atomic E-state index is 5.95. The van der Waals surface area contributed by atoms with E-state index >= 15 is 0 Å². The number of rotatable bonds is 1. The van der Waals surface area contributed by atoms with Gasteiger partial charge >= 0.3 is 0 Å². The van der Waals surface area contributed by atoms with E-state index in [4.69, 9.17) is 11.6 Å². The first-order valence-electron chi connectivity index (χ1n) is 5.92. The van der Waals surface area contributed by atoms with Crippen molar-refractivity contribution in [1.29, 1.82) is 0 Å². The minimum Gasteiger partial charge on any atom is -0.325 e. The van der Waals surface area contributed by atoms with E-state index in [9.17, 15) is 0 Å². The lowest BCUT2D eigenvalue weighted by Crippen LogP contribution is -2.25. The molecule has 18 heavy (non-hydrogen) atoms. The Morgan fingerprint density at radius 1 is 1.28 bits per heavy atom. The molecule has 2 aromatic rings. The summed E-state index contributed by atoms with van der Waals surface area (Å²) in [6, 6.07) is 10.4. The maximum Gasteiger partial charge on any atom is 0.147 e. The van der Waals surface area contributed by atoms with Crippen molar-refractivity contribution in [2.75, 3.05) is 11.4 Å².